The lowest BCUT2D eigenvalue weighted by atomic mass is 9.99. The molecule has 168 valence electrons. The van der Waals surface area contributed by atoms with E-state index in [2.05, 4.69) is 49.4 Å². The number of hydrogen-bond acceptors (Lipinski definition) is 2. The molecule has 0 N–H and O–H groups in total. The summed E-state index contributed by atoms with van der Waals surface area (Å²) < 4.78 is 0. The lowest BCUT2D eigenvalue weighted by Crippen LogP contribution is -2.37. The fourth-order valence-electron chi connectivity index (χ4n) is 4.55. The van der Waals surface area contributed by atoms with Crippen molar-refractivity contribution in [2.24, 2.45) is 5.92 Å². The third kappa shape index (κ3) is 5.00. The van der Waals surface area contributed by atoms with E-state index in [0.717, 1.165) is 42.6 Å². The molecule has 0 radical (unpaired) electrons. The third-order valence-corrected chi connectivity index (χ3v) is 6.71. The molecular formula is C29H30N2O2. The summed E-state index contributed by atoms with van der Waals surface area (Å²) in [6, 6.07) is 24.7. The normalized spacial score (nSPS) is 15.1. The van der Waals surface area contributed by atoms with Crippen molar-refractivity contribution in [3.8, 4) is 0 Å². The Kier molecular flexibility index (Phi) is 5.99. The lowest BCUT2D eigenvalue weighted by Gasteiger charge is -2.29. The molecule has 0 bridgehead atoms. The molecule has 2 amide bonds. The van der Waals surface area contributed by atoms with Crippen LogP contribution in [0.1, 0.15) is 40.7 Å². The zero-order valence-corrected chi connectivity index (χ0v) is 19.2. The van der Waals surface area contributed by atoms with E-state index >= 15 is 0 Å². The number of carbonyl (C=O) groups excluding carboxylic acids is 2. The minimum absolute atomic E-state index is 0.133. The highest BCUT2D eigenvalue weighted by molar-refractivity contribution is 5.96. The van der Waals surface area contributed by atoms with Crippen LogP contribution >= 0.6 is 0 Å². The van der Waals surface area contributed by atoms with Crippen LogP contribution in [0.25, 0.3) is 0 Å². The number of fused-ring (bicyclic) bond motifs is 1. The van der Waals surface area contributed by atoms with Gasteiger partial charge in [-0.25, -0.2) is 0 Å². The van der Waals surface area contributed by atoms with Crippen molar-refractivity contribution in [3.05, 3.63) is 101 Å². The second kappa shape index (κ2) is 9.22. The van der Waals surface area contributed by atoms with E-state index in [1.165, 1.54) is 16.7 Å². The van der Waals surface area contributed by atoms with Crippen LogP contribution in [-0.4, -0.2) is 23.3 Å². The van der Waals surface area contributed by atoms with Crippen molar-refractivity contribution in [1.82, 2.24) is 4.90 Å². The van der Waals surface area contributed by atoms with Gasteiger partial charge in [0, 0.05) is 24.7 Å². The van der Waals surface area contributed by atoms with Crippen molar-refractivity contribution in [1.29, 1.82) is 0 Å². The van der Waals surface area contributed by atoms with E-state index in [0.29, 0.717) is 19.5 Å². The Balaban J connectivity index is 1.32. The van der Waals surface area contributed by atoms with Gasteiger partial charge in [-0.05, 0) is 60.6 Å². The predicted octanol–water partition coefficient (Wildman–Crippen LogP) is 5.07. The largest absolute Gasteiger partial charge is 0.338 e. The van der Waals surface area contributed by atoms with E-state index in [-0.39, 0.29) is 17.7 Å². The first-order chi connectivity index (χ1) is 16.1. The van der Waals surface area contributed by atoms with Crippen molar-refractivity contribution in [2.75, 3.05) is 11.4 Å². The number of carbonyl (C=O) groups is 2. The Morgan fingerprint density at radius 2 is 1.67 bits per heavy atom. The number of benzene rings is 3. The van der Waals surface area contributed by atoms with Gasteiger partial charge in [0.05, 0.1) is 13.0 Å². The quantitative estimate of drug-likeness (QED) is 0.539. The first-order valence-electron chi connectivity index (χ1n) is 11.9. The first kappa shape index (κ1) is 21.4. The highest BCUT2D eigenvalue weighted by Crippen LogP contribution is 2.34. The van der Waals surface area contributed by atoms with Gasteiger partial charge in [-0.15, -0.1) is 0 Å². The molecule has 4 heteroatoms. The molecule has 1 aliphatic carbocycles. The second-order valence-corrected chi connectivity index (χ2v) is 9.36. The second-order valence-electron chi connectivity index (χ2n) is 9.36. The minimum Gasteiger partial charge on any atom is -0.338 e. The molecule has 0 atom stereocenters. The molecule has 0 spiro atoms. The van der Waals surface area contributed by atoms with Gasteiger partial charge >= 0.3 is 0 Å². The number of rotatable bonds is 6. The van der Waals surface area contributed by atoms with Gasteiger partial charge in [-0.3, -0.25) is 9.59 Å². The maximum atomic E-state index is 13.1. The van der Waals surface area contributed by atoms with Crippen LogP contribution < -0.4 is 4.90 Å². The summed E-state index contributed by atoms with van der Waals surface area (Å²) in [7, 11) is 0. The van der Waals surface area contributed by atoms with E-state index in [1.807, 2.05) is 40.1 Å². The third-order valence-electron chi connectivity index (χ3n) is 6.71. The van der Waals surface area contributed by atoms with Gasteiger partial charge in [0.1, 0.15) is 0 Å². The van der Waals surface area contributed by atoms with Crippen LogP contribution in [0.4, 0.5) is 5.69 Å². The molecule has 3 aromatic carbocycles. The van der Waals surface area contributed by atoms with E-state index in [1.54, 1.807) is 0 Å². The van der Waals surface area contributed by atoms with E-state index in [9.17, 15) is 9.59 Å². The van der Waals surface area contributed by atoms with Gasteiger partial charge in [0.15, 0.2) is 0 Å². The van der Waals surface area contributed by atoms with Gasteiger partial charge in [-0.2, -0.15) is 0 Å². The van der Waals surface area contributed by atoms with Crippen LogP contribution in [0.5, 0.6) is 0 Å². The first-order valence-corrected chi connectivity index (χ1v) is 11.9. The van der Waals surface area contributed by atoms with Crippen LogP contribution in [0.3, 0.4) is 0 Å². The summed E-state index contributed by atoms with van der Waals surface area (Å²) in [5, 5.41) is 0. The standard InChI is InChI=1S/C29H30N2O2/c1-21-9-11-22(12-10-21)19-31(29(33)25-13-14-25)27-8-4-5-23(17-27)18-28(32)30-16-15-24-6-2-3-7-26(24)20-30/h2-12,17,25H,13-16,18-20H2,1H3. The molecule has 1 saturated carbocycles. The van der Waals surface area contributed by atoms with E-state index < -0.39 is 0 Å². The molecule has 0 unspecified atom stereocenters. The molecule has 3 aromatic rings. The predicted molar refractivity (Wildman–Crippen MR) is 131 cm³/mol. The maximum absolute atomic E-state index is 13.1. The van der Waals surface area contributed by atoms with Gasteiger partial charge in [-0.1, -0.05) is 66.2 Å². The molecule has 0 saturated heterocycles. The lowest BCUT2D eigenvalue weighted by molar-refractivity contribution is -0.131. The number of aryl methyl sites for hydroxylation is 1. The summed E-state index contributed by atoms with van der Waals surface area (Å²) in [6.07, 6.45) is 3.20. The fourth-order valence-corrected chi connectivity index (χ4v) is 4.55. The average molecular weight is 439 g/mol. The summed E-state index contributed by atoms with van der Waals surface area (Å²) in [5.41, 5.74) is 6.73. The SMILES string of the molecule is Cc1ccc(CN(C(=O)C2CC2)c2cccc(CC(=O)N3CCc4ccccc4C3)c2)cc1. The van der Waals surface area contributed by atoms with Crippen LogP contribution in [-0.2, 0) is 35.5 Å². The summed E-state index contributed by atoms with van der Waals surface area (Å²) in [5.74, 6) is 0.459. The molecule has 5 rings (SSSR count). The number of nitrogens with zero attached hydrogens (tertiary/aromatic N) is 2. The smallest absolute Gasteiger partial charge is 0.230 e. The zero-order valence-electron chi connectivity index (χ0n) is 19.2. The summed E-state index contributed by atoms with van der Waals surface area (Å²) in [6.45, 7) is 4.05. The van der Waals surface area contributed by atoms with Crippen LogP contribution in [0.2, 0.25) is 0 Å². The molecule has 1 aliphatic heterocycles. The maximum Gasteiger partial charge on any atom is 0.230 e. The Morgan fingerprint density at radius 1 is 0.909 bits per heavy atom. The average Bonchev–Trinajstić information content (AvgIpc) is 3.69. The van der Waals surface area contributed by atoms with Crippen molar-refractivity contribution in [3.63, 3.8) is 0 Å². The molecule has 2 aliphatic rings. The summed E-state index contributed by atoms with van der Waals surface area (Å²) in [4.78, 5) is 30.1. The number of hydrogen-bond donors (Lipinski definition) is 0. The van der Waals surface area contributed by atoms with Gasteiger partial charge < -0.3 is 9.80 Å². The number of anilines is 1. The Morgan fingerprint density at radius 3 is 2.42 bits per heavy atom. The van der Waals surface area contributed by atoms with Crippen molar-refractivity contribution >= 4 is 17.5 Å². The zero-order chi connectivity index (χ0) is 22.8. The van der Waals surface area contributed by atoms with Crippen molar-refractivity contribution in [2.45, 2.75) is 45.7 Å². The Hall–Kier alpha value is -3.40. The minimum atomic E-state index is 0.133. The molecule has 0 aromatic heterocycles. The highest BCUT2D eigenvalue weighted by atomic mass is 16.2. The molecular weight excluding hydrogens is 408 g/mol. The number of amides is 2. The van der Waals surface area contributed by atoms with Gasteiger partial charge in [0.2, 0.25) is 11.8 Å². The monoisotopic (exact) mass is 438 g/mol. The van der Waals surface area contributed by atoms with Crippen LogP contribution in [0, 0.1) is 12.8 Å². The topological polar surface area (TPSA) is 40.6 Å². The van der Waals surface area contributed by atoms with Crippen molar-refractivity contribution < 1.29 is 9.59 Å². The summed E-state index contributed by atoms with van der Waals surface area (Å²) >= 11 is 0. The van der Waals surface area contributed by atoms with Crippen LogP contribution in [0.15, 0.2) is 72.8 Å². The molecule has 4 nitrogen and oxygen atoms in total. The Bertz CT molecular complexity index is 1160. The molecule has 33 heavy (non-hydrogen) atoms. The molecule has 1 heterocycles. The highest BCUT2D eigenvalue weighted by Gasteiger charge is 2.34. The fraction of sp³-hybridized carbons (Fsp3) is 0.310. The Labute approximate surface area is 195 Å². The molecule has 1 fully saturated rings. The van der Waals surface area contributed by atoms with E-state index in [4.69, 9.17) is 0 Å². The van der Waals surface area contributed by atoms with Gasteiger partial charge in [0.25, 0.3) is 0 Å².